The summed E-state index contributed by atoms with van der Waals surface area (Å²) in [4.78, 5) is 0. The summed E-state index contributed by atoms with van der Waals surface area (Å²) in [5, 5.41) is 0. The summed E-state index contributed by atoms with van der Waals surface area (Å²) < 4.78 is 1.45. The highest BCUT2D eigenvalue weighted by molar-refractivity contribution is 5.79. The van der Waals surface area contributed by atoms with Gasteiger partial charge in [-0.1, -0.05) is 154 Å². The van der Waals surface area contributed by atoms with Gasteiger partial charge in [0.05, 0.1) is 0 Å². The maximum Gasteiger partial charge on any atom is 0.210 e. The second-order valence-electron chi connectivity index (χ2n) is 13.8. The van der Waals surface area contributed by atoms with Gasteiger partial charge >= 0.3 is 0 Å². The van der Waals surface area contributed by atoms with Crippen molar-refractivity contribution in [2.45, 2.75) is 175 Å². The van der Waals surface area contributed by atoms with Crippen molar-refractivity contribution < 1.29 is 4.70 Å². The van der Waals surface area contributed by atoms with Crippen molar-refractivity contribution in [1.82, 2.24) is 0 Å². The van der Waals surface area contributed by atoms with Gasteiger partial charge in [-0.25, -0.2) is 4.70 Å². The highest BCUT2D eigenvalue weighted by Gasteiger charge is 2.29. The van der Waals surface area contributed by atoms with E-state index in [1.54, 1.807) is 0 Å². The molecule has 47 heavy (non-hydrogen) atoms. The minimum absolute atomic E-state index is 0.858. The van der Waals surface area contributed by atoms with Crippen LogP contribution < -0.4 is 0 Å². The summed E-state index contributed by atoms with van der Waals surface area (Å²) in [6, 6.07) is 17.4. The first-order chi connectivity index (χ1) is 23.2. The summed E-state index contributed by atoms with van der Waals surface area (Å²) in [6.07, 6.45) is 32.7. The van der Waals surface area contributed by atoms with Crippen molar-refractivity contribution in [3.05, 3.63) is 88.0 Å². The van der Waals surface area contributed by atoms with Gasteiger partial charge in [-0.05, 0) is 67.9 Å². The highest BCUT2D eigenvalue weighted by atomic mass is 15.2. The maximum atomic E-state index is 11.6. The predicted octanol–water partition coefficient (Wildman–Crippen LogP) is 14.2. The molecule has 0 aliphatic carbocycles. The van der Waals surface area contributed by atoms with E-state index in [9.17, 15) is 5.53 Å². The van der Waals surface area contributed by atoms with Crippen LogP contribution in [0, 0.1) is 11.8 Å². The van der Waals surface area contributed by atoms with Crippen LogP contribution in [0.2, 0.25) is 0 Å². The fraction of sp³-hybridized carbons (Fsp3) is 0.600. The Balaban J connectivity index is 1.39. The molecule has 1 aliphatic rings. The van der Waals surface area contributed by atoms with E-state index in [0.29, 0.717) is 0 Å². The molecule has 0 spiro atoms. The topological polar surface area (TPSA) is 25.3 Å². The molecule has 2 aromatic carbocycles. The van der Waals surface area contributed by atoms with E-state index in [2.05, 4.69) is 87.2 Å². The first kappa shape index (κ1) is 38.5. The Kier molecular flexibility index (Phi) is 19.9. The SMILES string of the molecule is CCCCCCCCCCCCCCCCCC#CCCc1ccccc1C1=CC(CCCC)=C(c2ccc(CCCC)cc2)[N+]1=[N-]. The molecule has 0 saturated carbocycles. The number of benzene rings is 2. The summed E-state index contributed by atoms with van der Waals surface area (Å²) in [5.41, 5.74) is 19.5. The minimum atomic E-state index is 0.858. The number of rotatable bonds is 25. The second kappa shape index (κ2) is 24.3. The molecule has 1 aliphatic heterocycles. The number of unbranched alkanes of at least 4 members (excludes halogenated alkanes) is 17. The molecule has 2 heteroatoms. The van der Waals surface area contributed by atoms with Crippen LogP contribution in [0.3, 0.4) is 0 Å². The van der Waals surface area contributed by atoms with Gasteiger partial charge in [0, 0.05) is 35.6 Å². The van der Waals surface area contributed by atoms with Crippen LogP contribution in [0.25, 0.3) is 16.9 Å². The number of hydrogen-bond acceptors (Lipinski definition) is 0. The molecular weight excluding hydrogens is 569 g/mol. The average Bonchev–Trinajstić information content (AvgIpc) is 3.43. The molecule has 0 amide bonds. The molecule has 0 radical (unpaired) electrons. The summed E-state index contributed by atoms with van der Waals surface area (Å²) in [7, 11) is 0. The van der Waals surface area contributed by atoms with Crippen molar-refractivity contribution in [1.29, 1.82) is 0 Å². The Labute approximate surface area is 290 Å². The zero-order valence-corrected chi connectivity index (χ0v) is 30.6. The van der Waals surface area contributed by atoms with Crippen LogP contribution in [0.1, 0.15) is 184 Å². The average molecular weight is 635 g/mol. The molecule has 0 fully saturated rings. The first-order valence-corrected chi connectivity index (χ1v) is 19.8. The van der Waals surface area contributed by atoms with Crippen LogP contribution in [-0.4, -0.2) is 4.70 Å². The molecule has 0 atom stereocenters. The van der Waals surface area contributed by atoms with Gasteiger partial charge in [0.25, 0.3) is 0 Å². The first-order valence-electron chi connectivity index (χ1n) is 19.8. The zero-order valence-electron chi connectivity index (χ0n) is 30.6. The van der Waals surface area contributed by atoms with Crippen molar-refractivity contribution in [2.24, 2.45) is 0 Å². The molecule has 0 bridgehead atoms. The number of aryl methyl sites for hydroxylation is 2. The summed E-state index contributed by atoms with van der Waals surface area (Å²) >= 11 is 0. The van der Waals surface area contributed by atoms with E-state index in [4.69, 9.17) is 0 Å². The lowest BCUT2D eigenvalue weighted by atomic mass is 9.99. The van der Waals surface area contributed by atoms with Gasteiger partial charge in [-0.15, -0.1) is 11.8 Å². The van der Waals surface area contributed by atoms with E-state index in [-0.39, 0.29) is 0 Å². The lowest BCUT2D eigenvalue weighted by molar-refractivity contribution is -0.344. The number of nitrogens with zero attached hydrogens (tertiary/aromatic N) is 2. The normalized spacial score (nSPS) is 12.8. The standard InChI is InChI=1S/C45H66N2/c1-4-7-10-11-12-13-14-15-16-17-18-19-20-21-22-23-24-25-26-31-40-32-27-28-33-43(40)44-38-42(30-9-6-3)45(47(44)46)41-36-34-39(35-37-41)29-8-5-2/h27-28,32-38H,4-23,26,29-31H2,1-3H3. The quantitative estimate of drug-likeness (QED) is 0.0590. The van der Waals surface area contributed by atoms with Crippen LogP contribution >= 0.6 is 0 Å². The molecule has 2 nitrogen and oxygen atoms in total. The van der Waals surface area contributed by atoms with Crippen molar-refractivity contribution in [3.63, 3.8) is 0 Å². The maximum absolute atomic E-state index is 11.6. The lowest BCUT2D eigenvalue weighted by Gasteiger charge is -2.12. The minimum Gasteiger partial charge on any atom is -0.493 e. The van der Waals surface area contributed by atoms with Crippen molar-refractivity contribution in [3.8, 4) is 11.8 Å². The van der Waals surface area contributed by atoms with E-state index in [1.807, 2.05) is 0 Å². The second-order valence-corrected chi connectivity index (χ2v) is 13.8. The van der Waals surface area contributed by atoms with Gasteiger partial charge in [0.15, 0.2) is 0 Å². The Morgan fingerprint density at radius 3 is 1.68 bits per heavy atom. The molecule has 1 heterocycles. The monoisotopic (exact) mass is 635 g/mol. The third-order valence-electron chi connectivity index (χ3n) is 9.74. The van der Waals surface area contributed by atoms with Gasteiger partial charge in [-0.2, -0.15) is 0 Å². The Morgan fingerprint density at radius 2 is 1.06 bits per heavy atom. The van der Waals surface area contributed by atoms with E-state index >= 15 is 0 Å². The van der Waals surface area contributed by atoms with Crippen molar-refractivity contribution >= 4 is 11.4 Å². The van der Waals surface area contributed by atoms with Gasteiger partial charge in [0.1, 0.15) is 0 Å². The van der Waals surface area contributed by atoms with Gasteiger partial charge in [-0.3, -0.25) is 0 Å². The molecule has 0 unspecified atom stereocenters. The van der Waals surface area contributed by atoms with E-state index in [0.717, 1.165) is 67.5 Å². The van der Waals surface area contributed by atoms with Crippen LogP contribution in [0.5, 0.6) is 0 Å². The highest BCUT2D eigenvalue weighted by Crippen LogP contribution is 2.38. The molecule has 256 valence electrons. The smallest absolute Gasteiger partial charge is 0.210 e. The van der Waals surface area contributed by atoms with Crippen LogP contribution in [0.15, 0.2) is 60.2 Å². The lowest BCUT2D eigenvalue weighted by Crippen LogP contribution is -2.04. The third kappa shape index (κ3) is 14.4. The zero-order chi connectivity index (χ0) is 33.4. The fourth-order valence-corrected chi connectivity index (χ4v) is 6.77. The molecular formula is C45H66N2. The Morgan fingerprint density at radius 1 is 0.532 bits per heavy atom. The summed E-state index contributed by atoms with van der Waals surface area (Å²) in [5.74, 6) is 6.89. The Hall–Kier alpha value is -2.92. The molecule has 3 rings (SSSR count). The van der Waals surface area contributed by atoms with E-state index < -0.39 is 0 Å². The number of allylic oxidation sites excluding steroid dienone is 2. The van der Waals surface area contributed by atoms with Gasteiger partial charge < -0.3 is 5.53 Å². The van der Waals surface area contributed by atoms with Gasteiger partial charge in [0.2, 0.25) is 11.4 Å². The molecule has 0 N–H and O–H groups in total. The van der Waals surface area contributed by atoms with E-state index in [1.165, 1.54) is 131 Å². The molecule has 0 aromatic heterocycles. The number of hydrogen-bond donors (Lipinski definition) is 0. The van der Waals surface area contributed by atoms with Crippen molar-refractivity contribution in [2.75, 3.05) is 0 Å². The third-order valence-corrected chi connectivity index (χ3v) is 9.74. The van der Waals surface area contributed by atoms with Crippen LogP contribution in [-0.2, 0) is 12.8 Å². The molecule has 0 saturated heterocycles. The Bertz CT molecular complexity index is 1280. The molecule has 2 aromatic rings. The summed E-state index contributed by atoms with van der Waals surface area (Å²) in [6.45, 7) is 6.76. The fourth-order valence-electron chi connectivity index (χ4n) is 6.77. The van der Waals surface area contributed by atoms with Crippen LogP contribution in [0.4, 0.5) is 0 Å². The largest absolute Gasteiger partial charge is 0.493 e. The predicted molar refractivity (Wildman–Crippen MR) is 205 cm³/mol.